The summed E-state index contributed by atoms with van der Waals surface area (Å²) in [5, 5.41) is 15.0. The van der Waals surface area contributed by atoms with Crippen molar-refractivity contribution in [2.45, 2.75) is 85.1 Å². The first-order valence-electron chi connectivity index (χ1n) is 13.5. The zero-order valence-corrected chi connectivity index (χ0v) is 25.6. The van der Waals surface area contributed by atoms with E-state index in [2.05, 4.69) is 115 Å². The molecule has 0 aliphatic carbocycles. The Morgan fingerprint density at radius 1 is 0.842 bits per heavy atom. The predicted molar refractivity (Wildman–Crippen MR) is 160 cm³/mol. The summed E-state index contributed by atoms with van der Waals surface area (Å²) in [7, 11) is 4.03. The van der Waals surface area contributed by atoms with Crippen LogP contribution in [0.5, 0.6) is 5.75 Å². The number of rotatable bonds is 9. The van der Waals surface area contributed by atoms with Crippen LogP contribution in [-0.4, -0.2) is 60.8 Å². The SMILES string of the molecule is CN(CCN(C)Cc1ccc(C(C)(C)C)cc1)CC(=O)N/N=C/c1cc(C(C)(C)C)cc(C(C)(C)C)c1O. The Morgan fingerprint density at radius 3 is 1.92 bits per heavy atom. The van der Waals surface area contributed by atoms with Gasteiger partial charge in [0, 0.05) is 30.8 Å². The summed E-state index contributed by atoms with van der Waals surface area (Å²) < 4.78 is 0. The lowest BCUT2D eigenvalue weighted by atomic mass is 9.79. The summed E-state index contributed by atoms with van der Waals surface area (Å²) in [4.78, 5) is 16.7. The largest absolute Gasteiger partial charge is 0.507 e. The summed E-state index contributed by atoms with van der Waals surface area (Å²) in [6, 6.07) is 12.8. The van der Waals surface area contributed by atoms with Crippen LogP contribution in [-0.2, 0) is 27.6 Å². The third kappa shape index (κ3) is 9.55. The maximum atomic E-state index is 12.5. The van der Waals surface area contributed by atoms with Crippen LogP contribution >= 0.6 is 0 Å². The van der Waals surface area contributed by atoms with E-state index in [0.717, 1.165) is 30.8 Å². The highest BCUT2D eigenvalue weighted by Crippen LogP contribution is 2.37. The maximum Gasteiger partial charge on any atom is 0.254 e. The van der Waals surface area contributed by atoms with Gasteiger partial charge in [0.05, 0.1) is 12.8 Å². The third-order valence-electron chi connectivity index (χ3n) is 6.76. The molecule has 0 saturated heterocycles. The minimum Gasteiger partial charge on any atom is -0.507 e. The van der Waals surface area contributed by atoms with Gasteiger partial charge >= 0.3 is 0 Å². The Morgan fingerprint density at radius 2 is 1.39 bits per heavy atom. The minimum atomic E-state index is -0.219. The van der Waals surface area contributed by atoms with E-state index in [1.165, 1.54) is 17.3 Å². The van der Waals surface area contributed by atoms with Crippen LogP contribution in [0.2, 0.25) is 0 Å². The second-order valence-electron chi connectivity index (χ2n) is 13.7. The number of hydrazone groups is 1. The molecule has 0 radical (unpaired) electrons. The van der Waals surface area contributed by atoms with Gasteiger partial charge in [0.1, 0.15) is 5.75 Å². The Kier molecular flexibility index (Phi) is 10.3. The van der Waals surface area contributed by atoms with Crippen molar-refractivity contribution in [2.75, 3.05) is 33.7 Å². The number of hydrogen-bond acceptors (Lipinski definition) is 5. The number of nitrogens with zero attached hydrogens (tertiary/aromatic N) is 3. The van der Waals surface area contributed by atoms with Gasteiger partial charge in [-0.1, -0.05) is 92.6 Å². The van der Waals surface area contributed by atoms with Crippen molar-refractivity contribution in [3.8, 4) is 5.75 Å². The molecule has 210 valence electrons. The normalized spacial score (nSPS) is 13.1. The molecular weight excluding hydrogens is 472 g/mol. The Hall–Kier alpha value is -2.70. The molecule has 38 heavy (non-hydrogen) atoms. The number of amides is 1. The lowest BCUT2D eigenvalue weighted by molar-refractivity contribution is -0.121. The fourth-order valence-electron chi connectivity index (χ4n) is 4.14. The maximum absolute atomic E-state index is 12.5. The zero-order valence-electron chi connectivity index (χ0n) is 25.6. The molecule has 0 bridgehead atoms. The van der Waals surface area contributed by atoms with E-state index in [1.807, 2.05) is 18.0 Å². The van der Waals surface area contributed by atoms with E-state index in [-0.39, 0.29) is 34.4 Å². The van der Waals surface area contributed by atoms with E-state index in [0.29, 0.717) is 5.56 Å². The third-order valence-corrected chi connectivity index (χ3v) is 6.76. The van der Waals surface area contributed by atoms with E-state index in [1.54, 1.807) is 0 Å². The second-order valence-corrected chi connectivity index (χ2v) is 13.7. The number of carbonyl (C=O) groups is 1. The molecule has 0 spiro atoms. The molecule has 2 N–H and O–H groups in total. The average molecular weight is 523 g/mol. The van der Waals surface area contributed by atoms with E-state index in [4.69, 9.17) is 0 Å². The fraction of sp³-hybridized carbons (Fsp3) is 0.562. The fourth-order valence-corrected chi connectivity index (χ4v) is 4.14. The number of benzene rings is 2. The van der Waals surface area contributed by atoms with Crippen molar-refractivity contribution in [3.05, 3.63) is 64.2 Å². The van der Waals surface area contributed by atoms with E-state index < -0.39 is 0 Å². The van der Waals surface area contributed by atoms with Crippen molar-refractivity contribution >= 4 is 12.1 Å². The van der Waals surface area contributed by atoms with Crippen LogP contribution in [0.1, 0.15) is 90.1 Å². The van der Waals surface area contributed by atoms with Crippen molar-refractivity contribution < 1.29 is 9.90 Å². The van der Waals surface area contributed by atoms with E-state index >= 15 is 0 Å². The zero-order chi connectivity index (χ0) is 28.9. The Bertz CT molecular complexity index is 1100. The highest BCUT2D eigenvalue weighted by atomic mass is 16.3. The van der Waals surface area contributed by atoms with Crippen LogP contribution < -0.4 is 5.43 Å². The topological polar surface area (TPSA) is 68.2 Å². The summed E-state index contributed by atoms with van der Waals surface area (Å²) in [6.45, 7) is 22.0. The molecule has 0 saturated carbocycles. The molecule has 6 nitrogen and oxygen atoms in total. The lowest BCUT2D eigenvalue weighted by Gasteiger charge is -2.26. The molecular formula is C32H50N4O2. The first-order chi connectivity index (χ1) is 17.4. The van der Waals surface area contributed by atoms with Crippen LogP contribution in [0.3, 0.4) is 0 Å². The second kappa shape index (κ2) is 12.4. The smallest absolute Gasteiger partial charge is 0.254 e. The van der Waals surface area contributed by atoms with Gasteiger partial charge in [-0.25, -0.2) is 5.43 Å². The average Bonchev–Trinajstić information content (AvgIpc) is 2.77. The van der Waals surface area contributed by atoms with Crippen LogP contribution in [0.4, 0.5) is 0 Å². The summed E-state index contributed by atoms with van der Waals surface area (Å²) in [6.07, 6.45) is 1.54. The van der Waals surface area contributed by atoms with E-state index in [9.17, 15) is 9.90 Å². The number of phenolic OH excluding ortho intramolecular Hbond substituents is 1. The number of likely N-dealkylation sites (N-methyl/N-ethyl adjacent to an activating group) is 2. The van der Waals surface area contributed by atoms with Gasteiger partial charge < -0.3 is 10.0 Å². The molecule has 2 aromatic rings. The van der Waals surface area contributed by atoms with Gasteiger partial charge in [-0.15, -0.1) is 0 Å². The summed E-state index contributed by atoms with van der Waals surface area (Å²) in [5.41, 5.74) is 7.68. The molecule has 2 aromatic carbocycles. The first kappa shape index (κ1) is 31.5. The van der Waals surface area contributed by atoms with Gasteiger partial charge in [0.2, 0.25) is 0 Å². The number of carbonyl (C=O) groups excluding carboxylic acids is 1. The number of phenols is 1. The monoisotopic (exact) mass is 522 g/mol. The van der Waals surface area contributed by atoms with Gasteiger partial charge in [-0.3, -0.25) is 9.69 Å². The molecule has 0 fully saturated rings. The molecule has 0 aromatic heterocycles. The number of nitrogens with one attached hydrogen (secondary N) is 1. The molecule has 0 heterocycles. The first-order valence-corrected chi connectivity index (χ1v) is 13.5. The van der Waals surface area contributed by atoms with Crippen LogP contribution in [0.25, 0.3) is 0 Å². The molecule has 0 unspecified atom stereocenters. The molecule has 6 heteroatoms. The lowest BCUT2D eigenvalue weighted by Crippen LogP contribution is -2.37. The standard InChI is InChI=1S/C32H50N4O2/c1-30(2,3)25-14-12-23(13-15-25)21-35(10)16-17-36(11)22-28(37)34-33-20-24-18-26(31(4,5)6)19-27(29(24)38)32(7,8)9/h12-15,18-20,38H,16-17,21-22H2,1-11H3,(H,34,37)/b33-20+. The molecule has 2 rings (SSSR count). The van der Waals surface area contributed by atoms with Crippen LogP contribution in [0.15, 0.2) is 41.5 Å². The number of aromatic hydroxyl groups is 1. The highest BCUT2D eigenvalue weighted by Gasteiger charge is 2.24. The van der Waals surface area contributed by atoms with Crippen molar-refractivity contribution in [1.29, 1.82) is 0 Å². The van der Waals surface area contributed by atoms with Gasteiger partial charge in [-0.2, -0.15) is 5.10 Å². The Balaban J connectivity index is 1.90. The quantitative estimate of drug-likeness (QED) is 0.323. The number of hydrogen-bond donors (Lipinski definition) is 2. The van der Waals surface area contributed by atoms with Crippen molar-refractivity contribution in [1.82, 2.24) is 15.2 Å². The van der Waals surface area contributed by atoms with Gasteiger partial charge in [0.15, 0.2) is 0 Å². The molecule has 0 aliphatic heterocycles. The summed E-state index contributed by atoms with van der Waals surface area (Å²) in [5.74, 6) is 0.0170. The predicted octanol–water partition coefficient (Wildman–Crippen LogP) is 5.80. The van der Waals surface area contributed by atoms with Crippen LogP contribution in [0, 0.1) is 0 Å². The molecule has 1 amide bonds. The van der Waals surface area contributed by atoms with Gasteiger partial charge in [-0.05, 0) is 53.1 Å². The minimum absolute atomic E-state index is 0.0781. The molecule has 0 atom stereocenters. The molecule has 0 aliphatic rings. The van der Waals surface area contributed by atoms with Gasteiger partial charge in [0.25, 0.3) is 5.91 Å². The van der Waals surface area contributed by atoms with Crippen molar-refractivity contribution in [3.63, 3.8) is 0 Å². The highest BCUT2D eigenvalue weighted by molar-refractivity contribution is 5.86. The summed E-state index contributed by atoms with van der Waals surface area (Å²) >= 11 is 0. The van der Waals surface area contributed by atoms with Crippen molar-refractivity contribution in [2.24, 2.45) is 5.10 Å². The Labute approximate surface area is 231 Å².